The van der Waals surface area contributed by atoms with Crippen LogP contribution in [0.4, 0.5) is 0 Å². The average molecular weight is 340 g/mol. The van der Waals surface area contributed by atoms with E-state index in [2.05, 4.69) is 27.8 Å². The highest BCUT2D eigenvalue weighted by atomic mass is 79.9. The van der Waals surface area contributed by atoms with Crippen LogP contribution in [0.25, 0.3) is 0 Å². The summed E-state index contributed by atoms with van der Waals surface area (Å²) in [4.78, 5) is 15.5. The molecule has 2 rings (SSSR count). The number of rotatable bonds is 5. The SMILES string of the molecule is CCc1nc(COc2c(C)cc(Br)cc2C=O)cs1. The van der Waals surface area contributed by atoms with Crippen molar-refractivity contribution in [3.05, 3.63) is 43.8 Å². The van der Waals surface area contributed by atoms with Gasteiger partial charge in [-0.25, -0.2) is 4.98 Å². The van der Waals surface area contributed by atoms with Gasteiger partial charge >= 0.3 is 0 Å². The van der Waals surface area contributed by atoms with Gasteiger partial charge in [-0.3, -0.25) is 4.79 Å². The van der Waals surface area contributed by atoms with Gasteiger partial charge in [-0.2, -0.15) is 0 Å². The molecule has 3 nitrogen and oxygen atoms in total. The van der Waals surface area contributed by atoms with Gasteiger partial charge in [0.1, 0.15) is 12.4 Å². The monoisotopic (exact) mass is 339 g/mol. The second-order valence-electron chi connectivity index (χ2n) is 4.13. The number of hydrogen-bond donors (Lipinski definition) is 0. The van der Waals surface area contributed by atoms with Crippen molar-refractivity contribution in [2.75, 3.05) is 0 Å². The van der Waals surface area contributed by atoms with Crippen molar-refractivity contribution in [2.24, 2.45) is 0 Å². The maximum absolute atomic E-state index is 11.1. The molecular formula is C14H14BrNO2S. The first-order valence-electron chi connectivity index (χ1n) is 5.95. The van der Waals surface area contributed by atoms with E-state index in [0.717, 1.165) is 33.4 Å². The average Bonchev–Trinajstić information content (AvgIpc) is 2.84. The summed E-state index contributed by atoms with van der Waals surface area (Å²) in [6.45, 7) is 4.39. The number of carbonyl (C=O) groups excluding carboxylic acids is 1. The summed E-state index contributed by atoms with van der Waals surface area (Å²) in [5.41, 5.74) is 2.39. The van der Waals surface area contributed by atoms with Gasteiger partial charge in [-0.15, -0.1) is 11.3 Å². The van der Waals surface area contributed by atoms with Crippen molar-refractivity contribution in [3.63, 3.8) is 0 Å². The third-order valence-electron chi connectivity index (χ3n) is 2.66. The Morgan fingerprint density at radius 2 is 2.26 bits per heavy atom. The molecule has 0 aliphatic rings. The van der Waals surface area contributed by atoms with Crippen LogP contribution in [-0.2, 0) is 13.0 Å². The van der Waals surface area contributed by atoms with Gasteiger partial charge < -0.3 is 4.74 Å². The Balaban J connectivity index is 2.17. The fourth-order valence-electron chi connectivity index (χ4n) is 1.76. The number of hydrogen-bond acceptors (Lipinski definition) is 4. The zero-order valence-corrected chi connectivity index (χ0v) is 13.2. The lowest BCUT2D eigenvalue weighted by molar-refractivity contribution is 0.111. The fourth-order valence-corrected chi connectivity index (χ4v) is 3.08. The summed E-state index contributed by atoms with van der Waals surface area (Å²) in [6.07, 6.45) is 1.74. The number of benzene rings is 1. The first-order chi connectivity index (χ1) is 9.13. The molecule has 1 aromatic heterocycles. The lowest BCUT2D eigenvalue weighted by atomic mass is 10.1. The molecule has 1 heterocycles. The molecule has 100 valence electrons. The normalized spacial score (nSPS) is 10.5. The Hall–Kier alpha value is -1.20. The van der Waals surface area contributed by atoms with E-state index in [0.29, 0.717) is 17.9 Å². The van der Waals surface area contributed by atoms with Gasteiger partial charge in [0.25, 0.3) is 0 Å². The first kappa shape index (κ1) is 14.2. The van der Waals surface area contributed by atoms with E-state index in [4.69, 9.17) is 4.74 Å². The molecule has 0 aliphatic carbocycles. The van der Waals surface area contributed by atoms with E-state index in [1.807, 2.05) is 18.4 Å². The molecule has 0 atom stereocenters. The smallest absolute Gasteiger partial charge is 0.153 e. The van der Waals surface area contributed by atoms with Gasteiger partial charge in [-0.1, -0.05) is 22.9 Å². The minimum Gasteiger partial charge on any atom is -0.486 e. The van der Waals surface area contributed by atoms with Crippen LogP contribution in [0.15, 0.2) is 22.0 Å². The number of ether oxygens (including phenoxy) is 1. The summed E-state index contributed by atoms with van der Waals surface area (Å²) in [6, 6.07) is 3.69. The predicted octanol–water partition coefficient (Wildman–Crippen LogP) is 4.17. The highest BCUT2D eigenvalue weighted by Gasteiger charge is 2.10. The molecule has 0 unspecified atom stereocenters. The van der Waals surface area contributed by atoms with E-state index < -0.39 is 0 Å². The molecule has 2 aromatic rings. The molecule has 0 spiro atoms. The number of aldehydes is 1. The van der Waals surface area contributed by atoms with Crippen LogP contribution in [0.5, 0.6) is 5.75 Å². The minimum atomic E-state index is 0.389. The van der Waals surface area contributed by atoms with Crippen molar-refractivity contribution in [1.29, 1.82) is 0 Å². The Kier molecular flexibility index (Phi) is 4.71. The van der Waals surface area contributed by atoms with E-state index in [1.165, 1.54) is 0 Å². The summed E-state index contributed by atoms with van der Waals surface area (Å²) >= 11 is 5.00. The molecule has 19 heavy (non-hydrogen) atoms. The summed E-state index contributed by atoms with van der Waals surface area (Å²) in [7, 11) is 0. The first-order valence-corrected chi connectivity index (χ1v) is 7.62. The highest BCUT2D eigenvalue weighted by molar-refractivity contribution is 9.10. The fraction of sp³-hybridized carbons (Fsp3) is 0.286. The number of halogens is 1. The second-order valence-corrected chi connectivity index (χ2v) is 5.99. The maximum Gasteiger partial charge on any atom is 0.153 e. The number of aromatic nitrogens is 1. The number of nitrogens with zero attached hydrogens (tertiary/aromatic N) is 1. The quantitative estimate of drug-likeness (QED) is 0.767. The van der Waals surface area contributed by atoms with Gasteiger partial charge in [0.15, 0.2) is 6.29 Å². The Morgan fingerprint density at radius 1 is 1.47 bits per heavy atom. The van der Waals surface area contributed by atoms with Gasteiger partial charge in [0, 0.05) is 9.85 Å². The minimum absolute atomic E-state index is 0.389. The van der Waals surface area contributed by atoms with Crippen LogP contribution in [-0.4, -0.2) is 11.3 Å². The number of aryl methyl sites for hydroxylation is 2. The number of carbonyl (C=O) groups is 1. The molecule has 0 saturated carbocycles. The van der Waals surface area contributed by atoms with Gasteiger partial charge in [-0.05, 0) is 31.0 Å². The van der Waals surface area contributed by atoms with Crippen molar-refractivity contribution in [1.82, 2.24) is 4.98 Å². The van der Waals surface area contributed by atoms with Crippen LogP contribution in [0.3, 0.4) is 0 Å². The molecule has 5 heteroatoms. The Labute approximate surface area is 124 Å². The van der Waals surface area contributed by atoms with E-state index in [1.54, 1.807) is 17.4 Å². The molecule has 0 amide bonds. The second kappa shape index (κ2) is 6.30. The number of thiazole rings is 1. The van der Waals surface area contributed by atoms with Crippen LogP contribution in [0.1, 0.15) is 33.5 Å². The standard InChI is InChI=1S/C14H14BrNO2S/c1-3-13-16-12(8-19-13)7-18-14-9(2)4-11(15)5-10(14)6-17/h4-6,8H,3,7H2,1-2H3. The van der Waals surface area contributed by atoms with E-state index in [9.17, 15) is 4.79 Å². The molecule has 0 radical (unpaired) electrons. The van der Waals surface area contributed by atoms with Crippen molar-refractivity contribution >= 4 is 33.6 Å². The van der Waals surface area contributed by atoms with E-state index >= 15 is 0 Å². The van der Waals surface area contributed by atoms with Crippen LogP contribution in [0, 0.1) is 6.92 Å². The van der Waals surface area contributed by atoms with Crippen molar-refractivity contribution in [2.45, 2.75) is 26.9 Å². The third-order valence-corrected chi connectivity index (χ3v) is 4.16. The summed E-state index contributed by atoms with van der Waals surface area (Å²) in [5.74, 6) is 0.629. The Morgan fingerprint density at radius 3 is 2.89 bits per heavy atom. The molecule has 0 saturated heterocycles. The van der Waals surface area contributed by atoms with Crippen LogP contribution in [0.2, 0.25) is 0 Å². The van der Waals surface area contributed by atoms with Gasteiger partial charge in [0.2, 0.25) is 0 Å². The molecule has 0 fully saturated rings. The molecular weight excluding hydrogens is 326 g/mol. The van der Waals surface area contributed by atoms with E-state index in [-0.39, 0.29) is 0 Å². The molecule has 0 N–H and O–H groups in total. The largest absolute Gasteiger partial charge is 0.486 e. The van der Waals surface area contributed by atoms with Crippen LogP contribution >= 0.6 is 27.3 Å². The van der Waals surface area contributed by atoms with Crippen molar-refractivity contribution in [3.8, 4) is 5.75 Å². The highest BCUT2D eigenvalue weighted by Crippen LogP contribution is 2.27. The summed E-state index contributed by atoms with van der Waals surface area (Å²) in [5, 5.41) is 3.09. The molecule has 0 aliphatic heterocycles. The third kappa shape index (κ3) is 3.42. The van der Waals surface area contributed by atoms with Crippen LogP contribution < -0.4 is 4.74 Å². The lowest BCUT2D eigenvalue weighted by Gasteiger charge is -2.11. The predicted molar refractivity (Wildman–Crippen MR) is 80.1 cm³/mol. The lowest BCUT2D eigenvalue weighted by Crippen LogP contribution is -2.01. The molecule has 1 aromatic carbocycles. The zero-order valence-electron chi connectivity index (χ0n) is 10.8. The Bertz CT molecular complexity index is 595. The summed E-state index contributed by atoms with van der Waals surface area (Å²) < 4.78 is 6.63. The zero-order chi connectivity index (χ0) is 13.8. The molecule has 0 bridgehead atoms. The topological polar surface area (TPSA) is 39.2 Å². The maximum atomic E-state index is 11.1. The van der Waals surface area contributed by atoms with Gasteiger partial charge in [0.05, 0.1) is 16.3 Å². The van der Waals surface area contributed by atoms with Crippen molar-refractivity contribution < 1.29 is 9.53 Å².